The molecule has 1 amide bonds. The molecule has 134 valence electrons. The number of halogens is 3. The predicted molar refractivity (Wildman–Crippen MR) is 93.3 cm³/mol. The van der Waals surface area contributed by atoms with E-state index in [1.54, 1.807) is 47.4 Å². The molecule has 1 heterocycles. The minimum absolute atomic E-state index is 0.0185. The van der Waals surface area contributed by atoms with Gasteiger partial charge in [-0.05, 0) is 42.5 Å². The van der Waals surface area contributed by atoms with Gasteiger partial charge in [0.2, 0.25) is 0 Å². The summed E-state index contributed by atoms with van der Waals surface area (Å²) in [7, 11) is 0. The third-order valence-corrected chi connectivity index (χ3v) is 3.98. The van der Waals surface area contributed by atoms with E-state index in [9.17, 15) is 13.6 Å². The lowest BCUT2D eigenvalue weighted by Gasteiger charge is -2.12. The molecule has 26 heavy (non-hydrogen) atoms. The molecule has 0 atom stereocenters. The van der Waals surface area contributed by atoms with E-state index >= 15 is 0 Å². The Labute approximate surface area is 155 Å². The van der Waals surface area contributed by atoms with Crippen molar-refractivity contribution >= 4 is 21.8 Å². The molecule has 0 fully saturated rings. The first kappa shape index (κ1) is 18.0. The lowest BCUT2D eigenvalue weighted by molar-refractivity contribution is -0.0504. The first-order valence-electron chi connectivity index (χ1n) is 7.49. The van der Waals surface area contributed by atoms with Crippen LogP contribution in [0.15, 0.2) is 59.6 Å². The van der Waals surface area contributed by atoms with Crippen molar-refractivity contribution in [2.45, 2.75) is 13.2 Å². The average molecular weight is 423 g/mol. The number of alkyl halides is 2. The minimum Gasteiger partial charge on any atom is -0.434 e. The number of amides is 1. The second kappa shape index (κ2) is 8.05. The van der Waals surface area contributed by atoms with Crippen LogP contribution in [0.5, 0.6) is 5.75 Å². The fraction of sp³-hybridized carbons (Fsp3) is 0.118. The quantitative estimate of drug-likeness (QED) is 0.659. The van der Waals surface area contributed by atoms with Crippen molar-refractivity contribution in [2.24, 2.45) is 0 Å². The predicted octanol–water partition coefficient (Wildman–Crippen LogP) is 3.56. The molecule has 6 nitrogen and oxygen atoms in total. The number of benzene rings is 2. The summed E-state index contributed by atoms with van der Waals surface area (Å²) in [5, 5.41) is 6.69. The van der Waals surface area contributed by atoms with Crippen LogP contribution in [0.1, 0.15) is 15.9 Å². The lowest BCUT2D eigenvalue weighted by atomic mass is 10.1. The summed E-state index contributed by atoms with van der Waals surface area (Å²) in [6.45, 7) is -2.89. The van der Waals surface area contributed by atoms with Gasteiger partial charge in [-0.15, -0.1) is 0 Å². The van der Waals surface area contributed by atoms with Gasteiger partial charge in [0.25, 0.3) is 5.91 Å². The highest BCUT2D eigenvalue weighted by Crippen LogP contribution is 2.24. The molecule has 1 aromatic heterocycles. The number of hydrogen-bond donors (Lipinski definition) is 1. The van der Waals surface area contributed by atoms with Crippen LogP contribution >= 0.6 is 15.9 Å². The Bertz CT molecular complexity index is 886. The number of nitrogens with one attached hydrogen (secondary N) is 1. The molecule has 1 N–H and O–H groups in total. The van der Waals surface area contributed by atoms with E-state index < -0.39 is 6.61 Å². The Morgan fingerprint density at radius 3 is 2.65 bits per heavy atom. The number of nitrogens with zero attached hydrogens (tertiary/aromatic N) is 3. The second-order valence-corrected chi connectivity index (χ2v) is 6.12. The zero-order valence-corrected chi connectivity index (χ0v) is 14.9. The van der Waals surface area contributed by atoms with E-state index in [0.717, 1.165) is 5.69 Å². The van der Waals surface area contributed by atoms with Crippen molar-refractivity contribution in [1.29, 1.82) is 0 Å². The van der Waals surface area contributed by atoms with Gasteiger partial charge >= 0.3 is 6.61 Å². The van der Waals surface area contributed by atoms with E-state index in [2.05, 4.69) is 36.1 Å². The molecule has 0 unspecified atom stereocenters. The Hall–Kier alpha value is -2.81. The molecule has 3 aromatic rings. The first-order chi connectivity index (χ1) is 12.5. The smallest absolute Gasteiger partial charge is 0.387 e. The number of aromatic nitrogens is 3. The highest BCUT2D eigenvalue weighted by molar-refractivity contribution is 9.10. The normalized spacial score (nSPS) is 10.8. The molecule has 3 rings (SSSR count). The Balaban J connectivity index is 1.68. The topological polar surface area (TPSA) is 69.0 Å². The molecular formula is C17H13BrF2N4O2. The van der Waals surface area contributed by atoms with Gasteiger partial charge in [0.1, 0.15) is 18.4 Å². The van der Waals surface area contributed by atoms with Crippen molar-refractivity contribution in [3.63, 3.8) is 0 Å². The number of ether oxygens (including phenoxy) is 1. The van der Waals surface area contributed by atoms with E-state index in [1.807, 2.05) is 0 Å². The summed E-state index contributed by atoms with van der Waals surface area (Å²) in [5.74, 6) is -0.317. The maximum Gasteiger partial charge on any atom is 0.387 e. The maximum atomic E-state index is 12.5. The van der Waals surface area contributed by atoms with Crippen LogP contribution in [0.4, 0.5) is 8.78 Å². The lowest BCUT2D eigenvalue weighted by Crippen LogP contribution is -2.23. The summed E-state index contributed by atoms with van der Waals surface area (Å²) in [6.07, 6.45) is 2.96. The summed E-state index contributed by atoms with van der Waals surface area (Å²) in [5.41, 5.74) is 1.63. The van der Waals surface area contributed by atoms with E-state index in [0.29, 0.717) is 15.6 Å². The standard InChI is InChI=1S/C17H13BrF2N4O2/c18-13-3-6-15(26-17(19)20)12(7-13)8-22-16(25)11-1-4-14(5-2-11)24-10-21-9-23-24/h1-7,9-10,17H,8H2,(H,22,25). The molecule has 0 saturated heterocycles. The van der Waals surface area contributed by atoms with Crippen molar-refractivity contribution in [3.8, 4) is 11.4 Å². The Morgan fingerprint density at radius 1 is 1.23 bits per heavy atom. The largest absolute Gasteiger partial charge is 0.434 e. The molecule has 0 aliphatic carbocycles. The van der Waals surface area contributed by atoms with Crippen LogP contribution in [0, 0.1) is 0 Å². The molecule has 0 aliphatic rings. The Kier molecular flexibility index (Phi) is 5.57. The van der Waals surface area contributed by atoms with Gasteiger partial charge in [-0.25, -0.2) is 9.67 Å². The fourth-order valence-corrected chi connectivity index (χ4v) is 2.69. The molecule has 9 heteroatoms. The van der Waals surface area contributed by atoms with E-state index in [-0.39, 0.29) is 18.2 Å². The summed E-state index contributed by atoms with van der Waals surface area (Å²) >= 11 is 3.27. The summed E-state index contributed by atoms with van der Waals surface area (Å²) < 4.78 is 31.7. The highest BCUT2D eigenvalue weighted by Gasteiger charge is 2.12. The van der Waals surface area contributed by atoms with Crippen molar-refractivity contribution in [1.82, 2.24) is 20.1 Å². The van der Waals surface area contributed by atoms with Gasteiger partial charge in [-0.1, -0.05) is 15.9 Å². The van der Waals surface area contributed by atoms with Gasteiger partial charge < -0.3 is 10.1 Å². The minimum atomic E-state index is -2.94. The van der Waals surface area contributed by atoms with Crippen molar-refractivity contribution < 1.29 is 18.3 Å². The second-order valence-electron chi connectivity index (χ2n) is 5.20. The zero-order chi connectivity index (χ0) is 18.5. The van der Waals surface area contributed by atoms with Crippen LogP contribution in [-0.4, -0.2) is 27.3 Å². The third kappa shape index (κ3) is 4.42. The van der Waals surface area contributed by atoms with Crippen LogP contribution < -0.4 is 10.1 Å². The Morgan fingerprint density at radius 2 is 2.00 bits per heavy atom. The van der Waals surface area contributed by atoms with Crippen molar-refractivity contribution in [2.75, 3.05) is 0 Å². The first-order valence-corrected chi connectivity index (χ1v) is 8.29. The molecule has 0 aliphatic heterocycles. The van der Waals surface area contributed by atoms with Gasteiger partial charge in [-0.3, -0.25) is 4.79 Å². The van der Waals surface area contributed by atoms with Crippen LogP contribution in [0.25, 0.3) is 5.69 Å². The number of carbonyl (C=O) groups excluding carboxylic acids is 1. The third-order valence-electron chi connectivity index (χ3n) is 3.49. The SMILES string of the molecule is O=C(NCc1cc(Br)ccc1OC(F)F)c1ccc(-n2cncn2)cc1. The van der Waals surface area contributed by atoms with Crippen LogP contribution in [0.3, 0.4) is 0 Å². The average Bonchev–Trinajstić information content (AvgIpc) is 3.16. The summed E-state index contributed by atoms with van der Waals surface area (Å²) in [4.78, 5) is 16.1. The van der Waals surface area contributed by atoms with Crippen LogP contribution in [-0.2, 0) is 6.54 Å². The molecular weight excluding hydrogens is 410 g/mol. The van der Waals surface area contributed by atoms with Gasteiger partial charge in [-0.2, -0.15) is 13.9 Å². The number of hydrogen-bond acceptors (Lipinski definition) is 4. The molecule has 0 saturated carbocycles. The fourth-order valence-electron chi connectivity index (χ4n) is 2.28. The van der Waals surface area contributed by atoms with Crippen LogP contribution in [0.2, 0.25) is 0 Å². The molecule has 0 radical (unpaired) electrons. The van der Waals surface area contributed by atoms with E-state index in [1.165, 1.54) is 12.4 Å². The number of rotatable bonds is 6. The van der Waals surface area contributed by atoms with Crippen molar-refractivity contribution in [3.05, 3.63) is 70.7 Å². The van der Waals surface area contributed by atoms with Gasteiger partial charge in [0, 0.05) is 22.1 Å². The van der Waals surface area contributed by atoms with E-state index in [4.69, 9.17) is 0 Å². The zero-order valence-electron chi connectivity index (χ0n) is 13.3. The molecule has 2 aromatic carbocycles. The number of carbonyl (C=O) groups is 1. The molecule has 0 bridgehead atoms. The summed E-state index contributed by atoms with van der Waals surface area (Å²) in [6, 6.07) is 11.4. The maximum absolute atomic E-state index is 12.5. The highest BCUT2D eigenvalue weighted by atomic mass is 79.9. The van der Waals surface area contributed by atoms with Gasteiger partial charge in [0.15, 0.2) is 0 Å². The van der Waals surface area contributed by atoms with Gasteiger partial charge in [0.05, 0.1) is 5.69 Å². The molecule has 0 spiro atoms. The monoisotopic (exact) mass is 422 g/mol.